The van der Waals surface area contributed by atoms with E-state index in [2.05, 4.69) is 10.6 Å². The van der Waals surface area contributed by atoms with Gasteiger partial charge < -0.3 is 15.4 Å². The molecule has 0 saturated heterocycles. The number of carbonyl (C=O) groups is 1. The number of para-hydroxylation sites is 1. The van der Waals surface area contributed by atoms with Gasteiger partial charge in [0, 0.05) is 6.07 Å². The predicted octanol–water partition coefficient (Wildman–Crippen LogP) is 2.74. The van der Waals surface area contributed by atoms with E-state index < -0.39 is 17.5 Å². The molecule has 1 amide bonds. The number of amides is 1. The first-order chi connectivity index (χ1) is 11.1. The zero-order valence-corrected chi connectivity index (χ0v) is 12.7. The molecule has 122 valence electrons. The Morgan fingerprint density at radius 1 is 1.17 bits per heavy atom. The number of anilines is 1. The summed E-state index contributed by atoms with van der Waals surface area (Å²) in [5.41, 5.74) is 0.996. The first kappa shape index (κ1) is 16.9. The van der Waals surface area contributed by atoms with E-state index >= 15 is 0 Å². The van der Waals surface area contributed by atoms with Gasteiger partial charge in [0.2, 0.25) is 5.91 Å². The second-order valence-corrected chi connectivity index (χ2v) is 4.91. The minimum atomic E-state index is -0.799. The Bertz CT molecular complexity index is 677. The molecule has 0 aliphatic carbocycles. The van der Waals surface area contributed by atoms with Crippen molar-refractivity contribution in [3.8, 4) is 5.75 Å². The van der Waals surface area contributed by atoms with Crippen LogP contribution in [0, 0.1) is 11.6 Å². The Morgan fingerprint density at radius 3 is 2.70 bits per heavy atom. The summed E-state index contributed by atoms with van der Waals surface area (Å²) >= 11 is 0. The maximum absolute atomic E-state index is 13.4. The van der Waals surface area contributed by atoms with Crippen LogP contribution in [0.15, 0.2) is 42.5 Å². The number of hydrogen-bond donors (Lipinski definition) is 2. The number of hydrogen-bond acceptors (Lipinski definition) is 3. The van der Waals surface area contributed by atoms with Crippen molar-refractivity contribution in [2.75, 3.05) is 25.5 Å². The molecule has 2 aromatic rings. The molecule has 2 aromatic carbocycles. The predicted molar refractivity (Wildman–Crippen MR) is 84.6 cm³/mol. The lowest BCUT2D eigenvalue weighted by Crippen LogP contribution is -2.29. The molecule has 0 fully saturated rings. The summed E-state index contributed by atoms with van der Waals surface area (Å²) in [6.07, 6.45) is 0.697. The number of ether oxygens (including phenoxy) is 1. The number of benzene rings is 2. The van der Waals surface area contributed by atoms with Crippen molar-refractivity contribution in [2.24, 2.45) is 0 Å². The summed E-state index contributed by atoms with van der Waals surface area (Å²) in [6.45, 7) is 0.603. The molecule has 2 rings (SSSR count). The Hall–Kier alpha value is -2.47. The Balaban J connectivity index is 1.76. The van der Waals surface area contributed by atoms with Crippen LogP contribution >= 0.6 is 0 Å². The summed E-state index contributed by atoms with van der Waals surface area (Å²) in [7, 11) is 1.61. The van der Waals surface area contributed by atoms with Gasteiger partial charge in [-0.05, 0) is 36.7 Å². The normalized spacial score (nSPS) is 10.4. The first-order valence-corrected chi connectivity index (χ1v) is 7.17. The highest BCUT2D eigenvalue weighted by Gasteiger charge is 2.08. The van der Waals surface area contributed by atoms with E-state index in [0.717, 1.165) is 23.4 Å². The van der Waals surface area contributed by atoms with E-state index in [1.807, 2.05) is 24.3 Å². The van der Waals surface area contributed by atoms with Gasteiger partial charge >= 0.3 is 0 Å². The van der Waals surface area contributed by atoms with E-state index in [1.165, 1.54) is 6.07 Å². The van der Waals surface area contributed by atoms with Crippen LogP contribution in [0.5, 0.6) is 5.75 Å². The number of halogens is 2. The quantitative estimate of drug-likeness (QED) is 0.771. The van der Waals surface area contributed by atoms with Crippen LogP contribution in [-0.2, 0) is 11.2 Å². The monoisotopic (exact) mass is 320 g/mol. The van der Waals surface area contributed by atoms with Gasteiger partial charge in [-0.15, -0.1) is 0 Å². The molecule has 0 atom stereocenters. The lowest BCUT2D eigenvalue weighted by Gasteiger charge is -2.09. The van der Waals surface area contributed by atoms with Crippen molar-refractivity contribution >= 4 is 11.6 Å². The zero-order chi connectivity index (χ0) is 16.7. The molecule has 6 heteroatoms. The average molecular weight is 320 g/mol. The minimum Gasteiger partial charge on any atom is -0.496 e. The Labute approximate surface area is 133 Å². The highest BCUT2D eigenvalue weighted by molar-refractivity contribution is 5.92. The molecule has 0 aliphatic heterocycles. The van der Waals surface area contributed by atoms with Gasteiger partial charge in [-0.3, -0.25) is 4.79 Å². The Morgan fingerprint density at radius 2 is 1.96 bits per heavy atom. The van der Waals surface area contributed by atoms with Crippen molar-refractivity contribution in [1.82, 2.24) is 5.32 Å². The molecule has 0 aliphatic rings. The zero-order valence-electron chi connectivity index (χ0n) is 12.7. The molecule has 0 bridgehead atoms. The molecule has 0 unspecified atom stereocenters. The molecule has 0 saturated carbocycles. The molecule has 4 nitrogen and oxygen atoms in total. The van der Waals surface area contributed by atoms with Gasteiger partial charge in [0.25, 0.3) is 0 Å². The molecule has 0 radical (unpaired) electrons. The fourth-order valence-electron chi connectivity index (χ4n) is 2.12. The van der Waals surface area contributed by atoms with Gasteiger partial charge in [0.05, 0.1) is 19.3 Å². The summed E-state index contributed by atoms with van der Waals surface area (Å²) in [5.74, 6) is -1.08. The summed E-state index contributed by atoms with van der Waals surface area (Å²) in [6, 6.07) is 10.6. The maximum atomic E-state index is 13.4. The average Bonchev–Trinajstić information content (AvgIpc) is 2.54. The van der Waals surface area contributed by atoms with E-state index in [-0.39, 0.29) is 12.2 Å². The largest absolute Gasteiger partial charge is 0.496 e. The fourth-order valence-corrected chi connectivity index (χ4v) is 2.12. The fraction of sp³-hybridized carbons (Fsp3) is 0.235. The number of nitrogens with one attached hydrogen (secondary N) is 2. The van der Waals surface area contributed by atoms with Crippen molar-refractivity contribution in [2.45, 2.75) is 6.42 Å². The standard InChI is InChI=1S/C17H18F2N2O2/c1-23-16-5-3-2-4-12(16)8-9-20-11-17(22)21-15-7-6-13(18)10-14(15)19/h2-7,10,20H,8-9,11H2,1H3,(H,21,22). The summed E-state index contributed by atoms with van der Waals surface area (Å²) in [5, 5.41) is 5.36. The van der Waals surface area contributed by atoms with Crippen LogP contribution < -0.4 is 15.4 Å². The Kier molecular flexibility index (Phi) is 6.05. The number of carbonyl (C=O) groups excluding carboxylic acids is 1. The lowest BCUT2D eigenvalue weighted by molar-refractivity contribution is -0.115. The van der Waals surface area contributed by atoms with E-state index in [1.54, 1.807) is 7.11 Å². The van der Waals surface area contributed by atoms with Gasteiger partial charge in [0.15, 0.2) is 0 Å². The summed E-state index contributed by atoms with van der Waals surface area (Å²) < 4.78 is 31.4. The van der Waals surface area contributed by atoms with Crippen molar-refractivity contribution in [3.05, 3.63) is 59.7 Å². The van der Waals surface area contributed by atoms with Crippen LogP contribution in [0.3, 0.4) is 0 Å². The molecule has 2 N–H and O–H groups in total. The van der Waals surface area contributed by atoms with Crippen LogP contribution in [0.1, 0.15) is 5.56 Å². The van der Waals surface area contributed by atoms with Gasteiger partial charge in [0.1, 0.15) is 17.4 Å². The molecule has 0 heterocycles. The third-order valence-corrected chi connectivity index (χ3v) is 3.25. The molecular formula is C17H18F2N2O2. The van der Waals surface area contributed by atoms with Gasteiger partial charge in [-0.1, -0.05) is 18.2 Å². The van der Waals surface area contributed by atoms with Gasteiger partial charge in [-0.2, -0.15) is 0 Å². The summed E-state index contributed by atoms with van der Waals surface area (Å²) in [4.78, 5) is 11.7. The van der Waals surface area contributed by atoms with Crippen LogP contribution in [0.2, 0.25) is 0 Å². The third-order valence-electron chi connectivity index (χ3n) is 3.25. The SMILES string of the molecule is COc1ccccc1CCNCC(=O)Nc1ccc(F)cc1F. The first-order valence-electron chi connectivity index (χ1n) is 7.17. The second-order valence-electron chi connectivity index (χ2n) is 4.91. The van der Waals surface area contributed by atoms with Gasteiger partial charge in [-0.25, -0.2) is 8.78 Å². The third kappa shape index (κ3) is 5.03. The van der Waals surface area contributed by atoms with E-state index in [0.29, 0.717) is 13.0 Å². The van der Waals surface area contributed by atoms with Crippen LogP contribution in [-0.4, -0.2) is 26.1 Å². The highest BCUT2D eigenvalue weighted by Crippen LogP contribution is 2.17. The second kappa shape index (κ2) is 8.24. The number of rotatable bonds is 7. The van der Waals surface area contributed by atoms with E-state index in [9.17, 15) is 13.6 Å². The van der Waals surface area contributed by atoms with Crippen molar-refractivity contribution in [1.29, 1.82) is 0 Å². The molecule has 23 heavy (non-hydrogen) atoms. The lowest BCUT2D eigenvalue weighted by atomic mass is 10.1. The molecular weight excluding hydrogens is 302 g/mol. The van der Waals surface area contributed by atoms with E-state index in [4.69, 9.17) is 4.74 Å². The topological polar surface area (TPSA) is 50.4 Å². The van der Waals surface area contributed by atoms with Crippen LogP contribution in [0.4, 0.5) is 14.5 Å². The molecule has 0 aromatic heterocycles. The van der Waals surface area contributed by atoms with Crippen molar-refractivity contribution in [3.63, 3.8) is 0 Å². The smallest absolute Gasteiger partial charge is 0.238 e. The van der Waals surface area contributed by atoms with Crippen molar-refractivity contribution < 1.29 is 18.3 Å². The highest BCUT2D eigenvalue weighted by atomic mass is 19.1. The van der Waals surface area contributed by atoms with Crippen LogP contribution in [0.25, 0.3) is 0 Å². The maximum Gasteiger partial charge on any atom is 0.238 e. The number of methoxy groups -OCH3 is 1. The molecule has 0 spiro atoms. The minimum absolute atomic E-state index is 0.0337.